The quantitative estimate of drug-likeness (QED) is 0.742. The average Bonchev–Trinajstić information content (AvgIpc) is 3.07. The minimum Gasteiger partial charge on any atom is -0.503 e. The van der Waals surface area contributed by atoms with E-state index in [-0.39, 0.29) is 34.8 Å². The number of pyridine rings is 1. The van der Waals surface area contributed by atoms with Crippen LogP contribution < -0.4 is 10.7 Å². The van der Waals surface area contributed by atoms with Crippen molar-refractivity contribution in [2.45, 2.75) is 57.2 Å². The molecule has 1 aromatic heterocycles. The first-order valence-electron chi connectivity index (χ1n) is 11.3. The van der Waals surface area contributed by atoms with E-state index in [2.05, 4.69) is 5.32 Å². The van der Waals surface area contributed by atoms with Crippen molar-refractivity contribution in [1.29, 1.82) is 0 Å². The Bertz CT molecular complexity index is 1210. The number of halogens is 2. The zero-order chi connectivity index (χ0) is 23.3. The second kappa shape index (κ2) is 7.97. The predicted molar refractivity (Wildman–Crippen MR) is 115 cm³/mol. The van der Waals surface area contributed by atoms with E-state index in [1.54, 1.807) is 0 Å². The molecule has 1 aromatic carbocycles. The van der Waals surface area contributed by atoms with Crippen LogP contribution in [0.25, 0.3) is 0 Å². The predicted octanol–water partition coefficient (Wildman–Crippen LogP) is 2.94. The molecule has 7 nitrogen and oxygen atoms in total. The number of aromatic nitrogens is 1. The summed E-state index contributed by atoms with van der Waals surface area (Å²) in [6.45, 7) is 0.745. The van der Waals surface area contributed by atoms with Gasteiger partial charge in [-0.25, -0.2) is 8.78 Å². The molecule has 2 amide bonds. The number of nitrogens with one attached hydrogen (secondary N) is 1. The van der Waals surface area contributed by atoms with Crippen molar-refractivity contribution in [3.63, 3.8) is 0 Å². The third kappa shape index (κ3) is 3.59. The summed E-state index contributed by atoms with van der Waals surface area (Å²) in [5, 5.41) is 13.1. The van der Waals surface area contributed by atoms with E-state index in [9.17, 15) is 28.3 Å². The lowest BCUT2D eigenvalue weighted by Crippen LogP contribution is -2.58. The lowest BCUT2D eigenvalue weighted by Gasteiger charge is -2.48. The van der Waals surface area contributed by atoms with Crippen LogP contribution >= 0.6 is 0 Å². The number of carbonyl (C=O) groups excluding carboxylic acids is 2. The van der Waals surface area contributed by atoms with Crippen molar-refractivity contribution in [3.8, 4) is 5.75 Å². The first-order chi connectivity index (χ1) is 15.8. The number of nitrogens with zero attached hydrogens (tertiary/aromatic N) is 2. The molecule has 0 unspecified atom stereocenters. The lowest BCUT2D eigenvalue weighted by molar-refractivity contribution is 0.0246. The Labute approximate surface area is 189 Å². The monoisotopic (exact) mass is 457 g/mol. The van der Waals surface area contributed by atoms with Gasteiger partial charge in [-0.3, -0.25) is 14.4 Å². The number of hydrogen-bond acceptors (Lipinski definition) is 4. The van der Waals surface area contributed by atoms with Crippen LogP contribution in [0.1, 0.15) is 64.9 Å². The highest BCUT2D eigenvalue weighted by atomic mass is 19.1. The van der Waals surface area contributed by atoms with Crippen LogP contribution in [-0.2, 0) is 13.1 Å². The van der Waals surface area contributed by atoms with Crippen molar-refractivity contribution >= 4 is 11.8 Å². The second-order valence-corrected chi connectivity index (χ2v) is 9.38. The van der Waals surface area contributed by atoms with Crippen LogP contribution in [0.3, 0.4) is 0 Å². The minimum absolute atomic E-state index is 0.0585. The second-order valence-electron chi connectivity index (χ2n) is 9.38. The number of carbonyl (C=O) groups is 2. The van der Waals surface area contributed by atoms with E-state index in [4.69, 9.17) is 0 Å². The summed E-state index contributed by atoms with van der Waals surface area (Å²) in [5.41, 5.74) is -1.68. The molecule has 2 aliphatic heterocycles. The van der Waals surface area contributed by atoms with Gasteiger partial charge in [0.05, 0.1) is 5.54 Å². The Morgan fingerprint density at radius 1 is 1.18 bits per heavy atom. The Balaban J connectivity index is 1.47. The third-order valence-electron chi connectivity index (χ3n) is 7.47. The Kier molecular flexibility index (Phi) is 5.22. The van der Waals surface area contributed by atoms with Gasteiger partial charge < -0.3 is 19.9 Å². The fraction of sp³-hybridized carbons (Fsp3) is 0.458. The maximum Gasteiger partial charge on any atom is 0.275 e. The zero-order valence-electron chi connectivity index (χ0n) is 18.1. The molecule has 0 radical (unpaired) electrons. The molecule has 2 aromatic rings. The number of hydrogen-bond donors (Lipinski definition) is 2. The molecule has 9 heteroatoms. The number of rotatable bonds is 3. The van der Waals surface area contributed by atoms with Crippen LogP contribution in [0, 0.1) is 17.6 Å². The first-order valence-corrected chi connectivity index (χ1v) is 11.3. The van der Waals surface area contributed by atoms with Crippen LogP contribution in [-0.4, -0.2) is 38.5 Å². The van der Waals surface area contributed by atoms with Gasteiger partial charge in [0.25, 0.3) is 11.8 Å². The molecular weight excluding hydrogens is 432 g/mol. The normalized spacial score (nSPS) is 24.0. The third-order valence-corrected chi connectivity index (χ3v) is 7.47. The van der Waals surface area contributed by atoms with Gasteiger partial charge in [-0.05, 0) is 37.7 Å². The van der Waals surface area contributed by atoms with Gasteiger partial charge in [0.15, 0.2) is 11.4 Å². The Morgan fingerprint density at radius 3 is 2.79 bits per heavy atom. The van der Waals surface area contributed by atoms with Crippen molar-refractivity contribution in [3.05, 3.63) is 63.1 Å². The molecule has 2 N–H and O–H groups in total. The van der Waals surface area contributed by atoms with E-state index in [0.717, 1.165) is 44.6 Å². The molecule has 1 saturated carbocycles. The Hall–Kier alpha value is -3.23. The summed E-state index contributed by atoms with van der Waals surface area (Å²) in [5.74, 6) is -2.89. The van der Waals surface area contributed by atoms with Gasteiger partial charge in [0, 0.05) is 37.5 Å². The van der Waals surface area contributed by atoms with Gasteiger partial charge in [0.2, 0.25) is 5.43 Å². The highest BCUT2D eigenvalue weighted by Crippen LogP contribution is 2.44. The molecule has 2 bridgehead atoms. The molecule has 1 saturated heterocycles. The summed E-state index contributed by atoms with van der Waals surface area (Å²) in [7, 11) is 0. The van der Waals surface area contributed by atoms with E-state index in [1.807, 2.05) is 4.90 Å². The van der Waals surface area contributed by atoms with Gasteiger partial charge in [-0.1, -0.05) is 18.9 Å². The van der Waals surface area contributed by atoms with Crippen LogP contribution in [0.4, 0.5) is 8.78 Å². The number of aromatic hydroxyl groups is 1. The van der Waals surface area contributed by atoms with Crippen molar-refractivity contribution in [2.75, 3.05) is 6.54 Å². The number of fused-ring (bicyclic) bond motifs is 3. The summed E-state index contributed by atoms with van der Waals surface area (Å²) in [6, 6.07) is 2.99. The molecule has 1 aliphatic carbocycles. The van der Waals surface area contributed by atoms with Crippen LogP contribution in [0.2, 0.25) is 0 Å². The lowest BCUT2D eigenvalue weighted by atomic mass is 9.85. The molecule has 5 rings (SSSR count). The highest BCUT2D eigenvalue weighted by molar-refractivity contribution is 5.99. The Morgan fingerprint density at radius 2 is 2.00 bits per heavy atom. The molecule has 3 heterocycles. The minimum atomic E-state index is -0.945. The van der Waals surface area contributed by atoms with Crippen molar-refractivity contribution in [2.24, 2.45) is 5.92 Å². The molecule has 3 aliphatic rings. The standard InChI is InChI=1S/C24H25F2N3O4/c25-16-4-3-15(18(26)10-16)11-27-22(32)17-12-28-13-24-7-1-2-14(5-8-24)6-9-29(24)23(33)19(28)21(31)20(17)30/h3-4,10,12,14,31H,1-2,5-9,11,13H2,(H,27,32)/t14-,24+/m0/s1. The fourth-order valence-corrected chi connectivity index (χ4v) is 5.67. The number of benzene rings is 1. The summed E-state index contributed by atoms with van der Waals surface area (Å²) in [6.07, 6.45) is 7.10. The van der Waals surface area contributed by atoms with Gasteiger partial charge in [-0.15, -0.1) is 0 Å². The number of amides is 2. The van der Waals surface area contributed by atoms with E-state index >= 15 is 0 Å². The van der Waals surface area contributed by atoms with E-state index in [0.29, 0.717) is 25.1 Å². The summed E-state index contributed by atoms with van der Waals surface area (Å²) >= 11 is 0. The zero-order valence-corrected chi connectivity index (χ0v) is 18.1. The van der Waals surface area contributed by atoms with Gasteiger partial charge in [0.1, 0.15) is 17.2 Å². The smallest absolute Gasteiger partial charge is 0.275 e. The average molecular weight is 457 g/mol. The molecule has 174 valence electrons. The summed E-state index contributed by atoms with van der Waals surface area (Å²) < 4.78 is 28.5. The maximum absolute atomic E-state index is 13.9. The van der Waals surface area contributed by atoms with E-state index in [1.165, 1.54) is 16.8 Å². The highest BCUT2D eigenvalue weighted by Gasteiger charge is 2.48. The van der Waals surface area contributed by atoms with Crippen LogP contribution in [0.15, 0.2) is 29.2 Å². The molecule has 2 fully saturated rings. The first kappa shape index (κ1) is 21.6. The summed E-state index contributed by atoms with van der Waals surface area (Å²) in [4.78, 5) is 40.7. The largest absolute Gasteiger partial charge is 0.503 e. The van der Waals surface area contributed by atoms with Gasteiger partial charge >= 0.3 is 0 Å². The van der Waals surface area contributed by atoms with Crippen molar-refractivity contribution < 1.29 is 23.5 Å². The molecular formula is C24H25F2N3O4. The molecule has 1 spiro atoms. The van der Waals surface area contributed by atoms with E-state index < -0.39 is 28.7 Å². The molecule has 2 atom stereocenters. The SMILES string of the molecule is O=C(NCc1ccc(F)cc1F)c1cn2c(c(O)c1=O)C(=O)N1CC[C@H]3CCC[C@@]1(CC3)C2. The van der Waals surface area contributed by atoms with Gasteiger partial charge in [-0.2, -0.15) is 0 Å². The maximum atomic E-state index is 13.9. The fourth-order valence-electron chi connectivity index (χ4n) is 5.67. The topological polar surface area (TPSA) is 91.6 Å². The molecule has 33 heavy (non-hydrogen) atoms. The van der Waals surface area contributed by atoms with Crippen LogP contribution in [0.5, 0.6) is 5.75 Å². The van der Waals surface area contributed by atoms with Crippen molar-refractivity contribution in [1.82, 2.24) is 14.8 Å².